The van der Waals surface area contributed by atoms with Crippen LogP contribution in [0.4, 0.5) is 5.69 Å². The molecule has 0 aliphatic carbocycles. The summed E-state index contributed by atoms with van der Waals surface area (Å²) in [4.78, 5) is 27.0. The van der Waals surface area contributed by atoms with Crippen LogP contribution < -0.4 is 15.4 Å². The molecule has 2 rings (SSSR count). The number of nitrogens with zero attached hydrogens (tertiary/aromatic N) is 1. The number of benzene rings is 2. The Kier molecular flexibility index (Phi) is 8.16. The maximum atomic E-state index is 12.2. The van der Waals surface area contributed by atoms with Gasteiger partial charge >= 0.3 is 0 Å². The van der Waals surface area contributed by atoms with E-state index in [4.69, 9.17) is 4.74 Å². The van der Waals surface area contributed by atoms with E-state index in [2.05, 4.69) is 10.6 Å². The molecule has 0 aromatic heterocycles. The summed E-state index contributed by atoms with van der Waals surface area (Å²) in [5, 5.41) is 5.74. The van der Waals surface area contributed by atoms with Gasteiger partial charge in [0.2, 0.25) is 11.8 Å². The van der Waals surface area contributed by atoms with Crippen LogP contribution in [0.3, 0.4) is 0 Å². The van der Waals surface area contributed by atoms with Crippen LogP contribution in [-0.4, -0.2) is 50.2 Å². The molecule has 0 aliphatic rings. The number of ether oxygens (including phenoxy) is 1. The third-order valence-corrected chi connectivity index (χ3v) is 4.65. The highest BCUT2D eigenvalue weighted by Gasteiger charge is 2.12. The molecule has 2 aromatic rings. The number of likely N-dealkylation sites (N-methyl/N-ethyl adjacent to an activating group) is 1. The molecular formula is C20H25N3O3S. The predicted octanol–water partition coefficient (Wildman–Crippen LogP) is 2.60. The molecule has 0 saturated carbocycles. The Labute approximate surface area is 164 Å². The van der Waals surface area contributed by atoms with Gasteiger partial charge < -0.3 is 15.4 Å². The van der Waals surface area contributed by atoms with Gasteiger partial charge in [-0.3, -0.25) is 14.5 Å². The summed E-state index contributed by atoms with van der Waals surface area (Å²) >= 11 is 1.57. The van der Waals surface area contributed by atoms with Crippen molar-refractivity contribution < 1.29 is 14.3 Å². The van der Waals surface area contributed by atoms with Gasteiger partial charge in [-0.15, -0.1) is 11.8 Å². The molecule has 0 atom stereocenters. The van der Waals surface area contributed by atoms with Gasteiger partial charge in [-0.25, -0.2) is 0 Å². The van der Waals surface area contributed by atoms with E-state index in [0.717, 1.165) is 21.9 Å². The largest absolute Gasteiger partial charge is 0.497 e. The summed E-state index contributed by atoms with van der Waals surface area (Å²) in [5.41, 5.74) is 1.77. The van der Waals surface area contributed by atoms with Crippen molar-refractivity contribution in [3.63, 3.8) is 0 Å². The normalized spacial score (nSPS) is 10.5. The molecule has 0 spiro atoms. The van der Waals surface area contributed by atoms with Gasteiger partial charge in [0.25, 0.3) is 0 Å². The summed E-state index contributed by atoms with van der Waals surface area (Å²) in [5.74, 6) is 0.492. The SMILES string of the molecule is COc1ccc(CNC(=O)CN(C)CC(=O)Nc2ccccc2SC)cc1. The highest BCUT2D eigenvalue weighted by atomic mass is 32.2. The third-order valence-electron chi connectivity index (χ3n) is 3.86. The van der Waals surface area contributed by atoms with Crippen molar-refractivity contribution in [2.24, 2.45) is 0 Å². The zero-order valence-corrected chi connectivity index (χ0v) is 16.6. The van der Waals surface area contributed by atoms with Crippen LogP contribution in [0.5, 0.6) is 5.75 Å². The number of para-hydroxylation sites is 1. The minimum atomic E-state index is -0.151. The van der Waals surface area contributed by atoms with Gasteiger partial charge in [0.15, 0.2) is 0 Å². The maximum Gasteiger partial charge on any atom is 0.238 e. The Bertz CT molecular complexity index is 765. The second-order valence-corrected chi connectivity index (χ2v) is 6.89. The van der Waals surface area contributed by atoms with Crippen LogP contribution >= 0.6 is 11.8 Å². The molecule has 0 aliphatic heterocycles. The lowest BCUT2D eigenvalue weighted by Gasteiger charge is -2.17. The fourth-order valence-electron chi connectivity index (χ4n) is 2.48. The zero-order chi connectivity index (χ0) is 19.6. The van der Waals surface area contributed by atoms with Crippen molar-refractivity contribution in [2.45, 2.75) is 11.4 Å². The quantitative estimate of drug-likeness (QED) is 0.647. The van der Waals surface area contributed by atoms with Crippen LogP contribution in [0.25, 0.3) is 0 Å². The number of carbonyl (C=O) groups is 2. The number of amides is 2. The topological polar surface area (TPSA) is 70.7 Å². The number of nitrogens with one attached hydrogen (secondary N) is 2. The average molecular weight is 388 g/mol. The Balaban J connectivity index is 1.75. The number of hydrogen-bond acceptors (Lipinski definition) is 5. The van der Waals surface area contributed by atoms with Crippen LogP contribution in [0, 0.1) is 0 Å². The molecule has 2 amide bonds. The van der Waals surface area contributed by atoms with Crippen LogP contribution in [-0.2, 0) is 16.1 Å². The Morgan fingerprint density at radius 1 is 1.04 bits per heavy atom. The molecule has 6 nitrogen and oxygen atoms in total. The number of thioether (sulfide) groups is 1. The highest BCUT2D eigenvalue weighted by molar-refractivity contribution is 7.98. The van der Waals surface area contributed by atoms with Crippen molar-refractivity contribution in [3.05, 3.63) is 54.1 Å². The van der Waals surface area contributed by atoms with E-state index in [1.807, 2.05) is 54.8 Å². The monoisotopic (exact) mass is 387 g/mol. The van der Waals surface area contributed by atoms with E-state index in [9.17, 15) is 9.59 Å². The number of anilines is 1. The van der Waals surface area contributed by atoms with Crippen molar-refractivity contribution >= 4 is 29.3 Å². The smallest absolute Gasteiger partial charge is 0.238 e. The summed E-state index contributed by atoms with van der Waals surface area (Å²) in [7, 11) is 3.36. The molecule has 2 N–H and O–H groups in total. The minimum Gasteiger partial charge on any atom is -0.497 e. The fraction of sp³-hybridized carbons (Fsp3) is 0.300. The lowest BCUT2D eigenvalue weighted by molar-refractivity contribution is -0.123. The van der Waals surface area contributed by atoms with Gasteiger partial charge in [0.05, 0.1) is 25.9 Å². The van der Waals surface area contributed by atoms with Gasteiger partial charge in [-0.1, -0.05) is 24.3 Å². The standard InChI is InChI=1S/C20H25N3O3S/c1-23(14-20(25)22-17-6-4-5-7-18(17)27-3)13-19(24)21-12-15-8-10-16(26-2)11-9-15/h4-11H,12-14H2,1-3H3,(H,21,24)(H,22,25). The van der Waals surface area contributed by atoms with Gasteiger partial charge in [0.1, 0.15) is 5.75 Å². The molecule has 0 saturated heterocycles. The van der Waals surface area contributed by atoms with E-state index in [1.54, 1.807) is 30.8 Å². The molecule has 7 heteroatoms. The molecule has 0 bridgehead atoms. The van der Waals surface area contributed by atoms with Crippen LogP contribution in [0.15, 0.2) is 53.4 Å². The minimum absolute atomic E-state index is 0.134. The Morgan fingerprint density at radius 3 is 2.37 bits per heavy atom. The van der Waals surface area contributed by atoms with Gasteiger partial charge in [-0.05, 0) is 43.1 Å². The first-order chi connectivity index (χ1) is 13.0. The van der Waals surface area contributed by atoms with Crippen LogP contribution in [0.2, 0.25) is 0 Å². The van der Waals surface area contributed by atoms with Crippen molar-refractivity contribution in [3.8, 4) is 5.75 Å². The van der Waals surface area contributed by atoms with Crippen LogP contribution in [0.1, 0.15) is 5.56 Å². The molecule has 2 aromatic carbocycles. The first-order valence-corrected chi connectivity index (χ1v) is 9.75. The zero-order valence-electron chi connectivity index (χ0n) is 15.8. The second kappa shape index (κ2) is 10.6. The van der Waals surface area contributed by atoms with Gasteiger partial charge in [-0.2, -0.15) is 0 Å². The van der Waals surface area contributed by atoms with E-state index in [-0.39, 0.29) is 24.9 Å². The maximum absolute atomic E-state index is 12.2. The summed E-state index contributed by atoms with van der Waals surface area (Å²) < 4.78 is 5.11. The molecule has 0 unspecified atom stereocenters. The summed E-state index contributed by atoms with van der Waals surface area (Å²) in [6, 6.07) is 15.1. The van der Waals surface area contributed by atoms with E-state index < -0.39 is 0 Å². The number of rotatable bonds is 9. The van der Waals surface area contributed by atoms with E-state index in [1.165, 1.54) is 0 Å². The molecule has 0 radical (unpaired) electrons. The average Bonchev–Trinajstić information content (AvgIpc) is 2.67. The van der Waals surface area contributed by atoms with Crippen molar-refractivity contribution in [1.29, 1.82) is 0 Å². The lowest BCUT2D eigenvalue weighted by atomic mass is 10.2. The fourth-order valence-corrected chi connectivity index (χ4v) is 3.04. The predicted molar refractivity (Wildman–Crippen MR) is 109 cm³/mol. The van der Waals surface area contributed by atoms with E-state index >= 15 is 0 Å². The first kappa shape index (κ1) is 20.8. The molecule has 0 fully saturated rings. The number of hydrogen-bond donors (Lipinski definition) is 2. The number of methoxy groups -OCH3 is 1. The van der Waals surface area contributed by atoms with Crippen molar-refractivity contribution in [2.75, 3.05) is 38.8 Å². The van der Waals surface area contributed by atoms with E-state index in [0.29, 0.717) is 6.54 Å². The Morgan fingerprint density at radius 2 is 1.70 bits per heavy atom. The summed E-state index contributed by atoms with van der Waals surface area (Å²) in [6.07, 6.45) is 1.96. The molecule has 144 valence electrons. The highest BCUT2D eigenvalue weighted by Crippen LogP contribution is 2.24. The second-order valence-electron chi connectivity index (χ2n) is 6.05. The Hall–Kier alpha value is -2.51. The lowest BCUT2D eigenvalue weighted by Crippen LogP contribution is -2.38. The van der Waals surface area contributed by atoms with Crippen molar-refractivity contribution in [1.82, 2.24) is 10.2 Å². The molecular weight excluding hydrogens is 362 g/mol. The first-order valence-electron chi connectivity index (χ1n) is 8.53. The summed E-state index contributed by atoms with van der Waals surface area (Å²) in [6.45, 7) is 0.719. The number of carbonyl (C=O) groups excluding carboxylic acids is 2. The molecule has 27 heavy (non-hydrogen) atoms. The van der Waals surface area contributed by atoms with Gasteiger partial charge in [0, 0.05) is 11.4 Å². The third kappa shape index (κ3) is 6.96. The molecule has 0 heterocycles.